The topological polar surface area (TPSA) is 500 Å². The third kappa shape index (κ3) is 34.0. The minimum atomic E-state index is -1.79. The van der Waals surface area contributed by atoms with Gasteiger partial charge in [0.2, 0.25) is 70.9 Å². The zero-order chi connectivity index (χ0) is 77.7. The second kappa shape index (κ2) is 50.3. The summed E-state index contributed by atoms with van der Waals surface area (Å²) in [5.74, 6) is -10.1. The molecule has 2 aliphatic rings. The van der Waals surface area contributed by atoms with Crippen molar-refractivity contribution in [1.29, 1.82) is 5.41 Å². The maximum absolute atomic E-state index is 15.0. The van der Waals surface area contributed by atoms with Crippen LogP contribution in [0, 0.1) is 5.41 Å². The first kappa shape index (κ1) is 88.3. The number of unbranched alkanes of at least 4 members (excludes halogenated alkanes) is 11. The van der Waals surface area contributed by atoms with Crippen LogP contribution in [-0.4, -0.2) is 230 Å². The largest absolute Gasteiger partial charge is 0.394 e. The zero-order valence-corrected chi connectivity index (χ0v) is 62.0. The van der Waals surface area contributed by atoms with E-state index in [-0.39, 0.29) is 109 Å². The first-order valence-corrected chi connectivity index (χ1v) is 37.8. The van der Waals surface area contributed by atoms with Crippen LogP contribution in [0.4, 0.5) is 0 Å². The van der Waals surface area contributed by atoms with Crippen LogP contribution in [0.1, 0.15) is 166 Å². The Balaban J connectivity index is 1.22. The molecule has 2 saturated heterocycles. The van der Waals surface area contributed by atoms with Gasteiger partial charge in [-0.05, 0) is 62.1 Å². The van der Waals surface area contributed by atoms with Gasteiger partial charge in [-0.15, -0.1) is 0 Å². The summed E-state index contributed by atoms with van der Waals surface area (Å²) in [6.45, 7) is 2.78. The van der Waals surface area contributed by atoms with Gasteiger partial charge in [0.15, 0.2) is 5.96 Å². The molecule has 5 rings (SSSR count). The molecule has 0 bridgehead atoms. The summed E-state index contributed by atoms with van der Waals surface area (Å²) >= 11 is 0. The molecule has 3 heterocycles. The first-order chi connectivity index (χ1) is 51.6. The third-order valence-electron chi connectivity index (χ3n) is 18.3. The number of benzene rings is 2. The number of ether oxygens (including phenoxy) is 3. The van der Waals surface area contributed by atoms with Crippen LogP contribution in [0.3, 0.4) is 0 Å². The van der Waals surface area contributed by atoms with Gasteiger partial charge in [0.05, 0.1) is 45.6 Å². The molecule has 33 heteroatoms. The molecular formula is C74H116N16O17. The van der Waals surface area contributed by atoms with E-state index in [1.807, 2.05) is 18.2 Å². The molecule has 3 aromatic rings. The van der Waals surface area contributed by atoms with Crippen molar-refractivity contribution in [1.82, 2.24) is 68.4 Å². The lowest BCUT2D eigenvalue weighted by Crippen LogP contribution is -2.61. The van der Waals surface area contributed by atoms with E-state index in [1.165, 1.54) is 51.4 Å². The summed E-state index contributed by atoms with van der Waals surface area (Å²) in [5.41, 5.74) is 13.3. The quantitative estimate of drug-likeness (QED) is 0.0200. The normalized spacial score (nSPS) is 19.9. The average molecular weight is 1500 g/mol. The molecule has 0 unspecified atom stereocenters. The molecule has 19 N–H and O–H groups in total. The summed E-state index contributed by atoms with van der Waals surface area (Å²) in [4.78, 5) is 171. The molecule has 0 aliphatic carbocycles. The molecule has 12 amide bonds. The highest BCUT2D eigenvalue weighted by Gasteiger charge is 2.44. The second-order valence-corrected chi connectivity index (χ2v) is 27.1. The van der Waals surface area contributed by atoms with Crippen LogP contribution >= 0.6 is 0 Å². The number of guanidine groups is 1. The number of rotatable bonds is 43. The maximum Gasteiger partial charge on any atom is 0.246 e. The molecule has 0 spiro atoms. The lowest BCUT2D eigenvalue weighted by atomic mass is 10.0. The number of hydrogen-bond acceptors (Lipinski definition) is 18. The van der Waals surface area contributed by atoms with E-state index in [1.54, 1.807) is 49.5 Å². The highest BCUT2D eigenvalue weighted by atomic mass is 16.5. The molecule has 0 saturated carbocycles. The monoisotopic (exact) mass is 1500 g/mol. The van der Waals surface area contributed by atoms with Crippen LogP contribution in [0.15, 0.2) is 60.8 Å². The number of carbonyl (C=O) groups excluding carboxylic acids is 12. The van der Waals surface area contributed by atoms with Gasteiger partial charge in [0.1, 0.15) is 61.5 Å². The van der Waals surface area contributed by atoms with E-state index in [4.69, 9.17) is 31.1 Å². The van der Waals surface area contributed by atoms with Gasteiger partial charge in [0.25, 0.3) is 0 Å². The fraction of sp³-hybridized carbons (Fsp3) is 0.635. The van der Waals surface area contributed by atoms with E-state index in [9.17, 15) is 63.0 Å². The Labute approximate surface area is 625 Å². The number of primary amides is 1. The lowest BCUT2D eigenvalue weighted by Gasteiger charge is -2.31. The van der Waals surface area contributed by atoms with Crippen molar-refractivity contribution in [2.24, 2.45) is 11.5 Å². The Morgan fingerprint density at radius 1 is 0.626 bits per heavy atom. The number of H-pyrrole nitrogens is 1. The van der Waals surface area contributed by atoms with Crippen molar-refractivity contribution in [3.63, 3.8) is 0 Å². The van der Waals surface area contributed by atoms with E-state index < -0.39 is 152 Å². The summed E-state index contributed by atoms with van der Waals surface area (Å²) in [5, 5.41) is 59.0. The SMILES string of the molecule is CCCCCCCCCCCCCC(=O)NCCOCCOCCNC(=O)COCC(=O)N[C@@H](CO)C(=O)N[C@@H](CCCC)C(=O)N[C@H]1CC(=O)NCCCC[C@@H](C(N)=O)NC(=O)[C@H](Cc2c[nH]c3ccccc23)NC(=O)[C@H](CCCNC(=N)N)NC(=O)[C@@H](Cc2ccccc2)NC(=O)[C@@H]2C[C@@H](O)CN2C1=O. The van der Waals surface area contributed by atoms with Crippen molar-refractivity contribution >= 4 is 87.7 Å². The van der Waals surface area contributed by atoms with E-state index in [2.05, 4.69) is 70.4 Å². The highest BCUT2D eigenvalue weighted by molar-refractivity contribution is 6.00. The van der Waals surface area contributed by atoms with Crippen molar-refractivity contribution in [3.8, 4) is 0 Å². The fourth-order valence-corrected chi connectivity index (χ4v) is 12.4. The number of nitrogens with two attached hydrogens (primary N) is 2. The number of aromatic nitrogens is 1. The van der Waals surface area contributed by atoms with E-state index >= 15 is 4.79 Å². The second-order valence-electron chi connectivity index (χ2n) is 27.1. The van der Waals surface area contributed by atoms with Crippen molar-refractivity contribution < 1.29 is 82.0 Å². The number of carbonyl (C=O) groups is 12. The van der Waals surface area contributed by atoms with Gasteiger partial charge >= 0.3 is 0 Å². The number of nitrogens with zero attached hydrogens (tertiary/aromatic N) is 1. The Hall–Kier alpha value is -9.31. The molecule has 1 aromatic heterocycles. The third-order valence-corrected chi connectivity index (χ3v) is 18.3. The van der Waals surface area contributed by atoms with Gasteiger partial charge in [-0.25, -0.2) is 0 Å². The van der Waals surface area contributed by atoms with Crippen LogP contribution < -0.4 is 70.0 Å². The van der Waals surface area contributed by atoms with Gasteiger partial charge < -0.3 is 104 Å². The Bertz CT molecular complexity index is 3310. The molecule has 9 atom stereocenters. The first-order valence-electron chi connectivity index (χ1n) is 37.8. The fourth-order valence-electron chi connectivity index (χ4n) is 12.4. The number of amides is 12. The van der Waals surface area contributed by atoms with Gasteiger partial charge in [0, 0.05) is 75.5 Å². The number of hydrogen-bond donors (Lipinski definition) is 17. The summed E-state index contributed by atoms with van der Waals surface area (Å²) < 4.78 is 16.3. The highest BCUT2D eigenvalue weighted by Crippen LogP contribution is 2.23. The van der Waals surface area contributed by atoms with Gasteiger partial charge in [-0.2, -0.15) is 0 Å². The van der Waals surface area contributed by atoms with Gasteiger partial charge in [-0.3, -0.25) is 62.9 Å². The summed E-state index contributed by atoms with van der Waals surface area (Å²) in [6, 6.07) is 3.72. The standard InChI is InChI=1S/C74H116N16O17/c1-3-5-7-8-9-10-11-12-13-14-18-31-62(93)79-34-36-105-38-39-106-37-35-80-64(95)47-107-48-65(96)83-60(46-91)71(102)86-55(27-6-4-2)68(99)89-59-43-63(94)78-32-22-21-29-54(66(75)97)84-70(101)58(41-50-44-82-53-28-20-19-26-52(50)53)87-67(98)56(30-23-33-81-74(76)77)85-69(100)57(40-49-24-16-15-17-25-49)88-72(103)61-42-51(92)45-90(61)73(59)104/h15-17,19-20,24-26,28,44,51,54-61,82,91-92H,3-14,18,21-23,27,29-43,45-48H2,1-2H3,(H2,75,97)(H,78,94)(H,79,93)(H,80,95)(H,83,96)(H,84,101)(H,85,100)(H,86,102)(H,87,98)(H,88,103)(H,89,99)(H4,76,77,81)/t51-,54+,55+,56+,57-,58+,59+,60+,61+/m1/s1. The number of nitrogens with one attached hydrogen (secondary N) is 13. The Morgan fingerprint density at radius 2 is 1.23 bits per heavy atom. The summed E-state index contributed by atoms with van der Waals surface area (Å²) in [6.07, 6.45) is 13.9. The molecule has 2 aliphatic heterocycles. The number of fused-ring (bicyclic) bond motifs is 2. The maximum atomic E-state index is 15.0. The van der Waals surface area contributed by atoms with Crippen molar-refractivity contribution in [2.75, 3.05) is 79.0 Å². The number of para-hydroxylation sites is 1. The molecule has 2 fully saturated rings. The number of aromatic amines is 1. The van der Waals surface area contributed by atoms with Crippen LogP contribution in [0.2, 0.25) is 0 Å². The Kier molecular flexibility index (Phi) is 41.5. The van der Waals surface area contributed by atoms with Crippen LogP contribution in [-0.2, 0) is 84.6 Å². The molecule has 107 heavy (non-hydrogen) atoms. The van der Waals surface area contributed by atoms with Crippen LogP contribution in [0.25, 0.3) is 10.9 Å². The predicted octanol–water partition coefficient (Wildman–Crippen LogP) is -0.0869. The average Bonchev–Trinajstić information content (AvgIpc) is 1.70. The number of aliphatic hydroxyl groups excluding tert-OH is 2. The Morgan fingerprint density at radius 3 is 1.91 bits per heavy atom. The van der Waals surface area contributed by atoms with Crippen molar-refractivity contribution in [2.45, 2.75) is 222 Å². The zero-order valence-electron chi connectivity index (χ0n) is 62.0. The number of aliphatic hydroxyl groups is 2. The smallest absolute Gasteiger partial charge is 0.246 e. The van der Waals surface area contributed by atoms with Crippen LogP contribution in [0.5, 0.6) is 0 Å². The molecule has 2 aromatic carbocycles. The predicted molar refractivity (Wildman–Crippen MR) is 398 cm³/mol. The van der Waals surface area contributed by atoms with Gasteiger partial charge in [-0.1, -0.05) is 139 Å². The van der Waals surface area contributed by atoms with E-state index in [0.29, 0.717) is 43.5 Å². The molecular weight excluding hydrogens is 1380 g/mol. The lowest BCUT2D eigenvalue weighted by molar-refractivity contribution is -0.144. The molecule has 33 nitrogen and oxygen atoms in total. The molecule has 594 valence electrons. The molecule has 0 radical (unpaired) electrons. The van der Waals surface area contributed by atoms with Crippen molar-refractivity contribution in [3.05, 3.63) is 71.9 Å². The van der Waals surface area contributed by atoms with E-state index in [0.717, 1.165) is 35.1 Å². The minimum absolute atomic E-state index is 0.000115. The summed E-state index contributed by atoms with van der Waals surface area (Å²) in [7, 11) is 0. The minimum Gasteiger partial charge on any atom is -0.394 e.